The van der Waals surface area contributed by atoms with Crippen LogP contribution in [-0.2, 0) is 16.1 Å². The SMILES string of the molecule is COc1cc(CN2C(=O)[C@](NC(=O)c3cc(OC)c(OC)c(OC)c3)(C(F)(F)F)C3=C2CC(C)(C)CC3=O)cc(OC)c1. The number of benzene rings is 2. The summed E-state index contributed by atoms with van der Waals surface area (Å²) >= 11 is 0. The summed E-state index contributed by atoms with van der Waals surface area (Å²) in [6.07, 6.45) is -5.66. The van der Waals surface area contributed by atoms with Gasteiger partial charge >= 0.3 is 6.18 Å². The molecule has 13 heteroatoms. The van der Waals surface area contributed by atoms with Crippen molar-refractivity contribution in [1.29, 1.82) is 0 Å². The lowest BCUT2D eigenvalue weighted by molar-refractivity contribution is -0.190. The smallest absolute Gasteiger partial charge is 0.425 e. The minimum atomic E-state index is -5.39. The van der Waals surface area contributed by atoms with Crippen LogP contribution >= 0.6 is 0 Å². The van der Waals surface area contributed by atoms with Gasteiger partial charge in [-0.15, -0.1) is 0 Å². The second kappa shape index (κ2) is 11.3. The molecule has 1 atom stereocenters. The monoisotopic (exact) mass is 606 g/mol. The number of Topliss-reactive ketones (excluding diaryl/α,β-unsaturated/α-hetero) is 1. The third-order valence-electron chi connectivity index (χ3n) is 7.52. The zero-order valence-electron chi connectivity index (χ0n) is 24.9. The van der Waals surface area contributed by atoms with Crippen LogP contribution in [0.15, 0.2) is 41.6 Å². The molecule has 2 aliphatic rings. The molecule has 0 saturated carbocycles. The van der Waals surface area contributed by atoms with Crippen LogP contribution in [0.25, 0.3) is 0 Å². The van der Waals surface area contributed by atoms with E-state index in [1.165, 1.54) is 35.5 Å². The fraction of sp³-hybridized carbons (Fsp3) is 0.433. The van der Waals surface area contributed by atoms with Gasteiger partial charge in [0.05, 0.1) is 47.7 Å². The van der Waals surface area contributed by atoms with Gasteiger partial charge in [-0.05, 0) is 41.7 Å². The van der Waals surface area contributed by atoms with Crippen molar-refractivity contribution in [2.24, 2.45) is 5.41 Å². The van der Waals surface area contributed by atoms with Gasteiger partial charge in [-0.2, -0.15) is 13.2 Å². The lowest BCUT2D eigenvalue weighted by Gasteiger charge is -2.35. The number of carbonyl (C=O) groups is 3. The Kier molecular flexibility index (Phi) is 8.31. The summed E-state index contributed by atoms with van der Waals surface area (Å²) in [6, 6.07) is 6.98. The highest BCUT2D eigenvalue weighted by Crippen LogP contribution is 2.52. The predicted molar refractivity (Wildman–Crippen MR) is 147 cm³/mol. The van der Waals surface area contributed by atoms with E-state index in [-0.39, 0.29) is 47.9 Å². The number of alkyl halides is 3. The van der Waals surface area contributed by atoms with Crippen molar-refractivity contribution in [3.63, 3.8) is 0 Å². The number of ether oxygens (including phenoxy) is 5. The molecule has 232 valence electrons. The van der Waals surface area contributed by atoms with Crippen LogP contribution in [0.4, 0.5) is 13.2 Å². The molecule has 1 heterocycles. The first-order chi connectivity index (χ1) is 20.2. The molecule has 0 fully saturated rings. The Hall–Kier alpha value is -4.42. The van der Waals surface area contributed by atoms with Crippen molar-refractivity contribution in [3.8, 4) is 28.7 Å². The van der Waals surface area contributed by atoms with E-state index in [1.54, 1.807) is 32.0 Å². The van der Waals surface area contributed by atoms with Crippen LogP contribution < -0.4 is 29.0 Å². The third-order valence-corrected chi connectivity index (χ3v) is 7.52. The molecule has 2 aromatic carbocycles. The standard InChI is InChI=1S/C30H33F3N2O8/c1-28(2)13-20-24(21(36)14-28)29(30(31,32)33,27(38)35(20)15-16-8-18(39-3)12-19(9-16)40-4)34-26(37)17-10-22(41-5)25(43-7)23(11-17)42-6/h8-12H,13-15H2,1-7H3,(H,34,37)/t29-/m0/s1. The maximum Gasteiger partial charge on any atom is 0.425 e. The molecule has 0 radical (unpaired) electrons. The van der Waals surface area contributed by atoms with Gasteiger partial charge in [0.15, 0.2) is 17.3 Å². The first-order valence-electron chi connectivity index (χ1n) is 13.2. The van der Waals surface area contributed by atoms with Crippen LogP contribution in [0.5, 0.6) is 28.7 Å². The molecule has 0 spiro atoms. The van der Waals surface area contributed by atoms with Gasteiger partial charge in [0.1, 0.15) is 11.5 Å². The average molecular weight is 607 g/mol. The summed E-state index contributed by atoms with van der Waals surface area (Å²) in [4.78, 5) is 42.1. The van der Waals surface area contributed by atoms with Crippen molar-refractivity contribution in [2.75, 3.05) is 35.5 Å². The molecular weight excluding hydrogens is 573 g/mol. The first kappa shape index (κ1) is 31.5. The van der Waals surface area contributed by atoms with Gasteiger partial charge in [0.2, 0.25) is 11.3 Å². The Morgan fingerprint density at radius 2 is 1.42 bits per heavy atom. The van der Waals surface area contributed by atoms with Crippen molar-refractivity contribution in [3.05, 3.63) is 52.7 Å². The molecule has 2 amide bonds. The molecule has 1 aliphatic heterocycles. The van der Waals surface area contributed by atoms with Crippen LogP contribution in [0, 0.1) is 5.41 Å². The summed E-state index contributed by atoms with van der Waals surface area (Å²) in [5.41, 5.74) is -5.21. The average Bonchev–Trinajstić information content (AvgIpc) is 3.18. The summed E-state index contributed by atoms with van der Waals surface area (Å²) in [6.45, 7) is 3.12. The van der Waals surface area contributed by atoms with Gasteiger partial charge in [0.25, 0.3) is 11.8 Å². The number of halogens is 3. The van der Waals surface area contributed by atoms with Crippen LogP contribution in [0.3, 0.4) is 0 Å². The van der Waals surface area contributed by atoms with E-state index in [0.29, 0.717) is 17.1 Å². The highest BCUT2D eigenvalue weighted by atomic mass is 19.4. The number of amides is 2. The van der Waals surface area contributed by atoms with Gasteiger partial charge in [0, 0.05) is 23.7 Å². The topological polar surface area (TPSA) is 113 Å². The quantitative estimate of drug-likeness (QED) is 0.446. The van der Waals surface area contributed by atoms with Crippen LogP contribution in [0.1, 0.15) is 42.6 Å². The number of nitrogens with one attached hydrogen (secondary N) is 1. The van der Waals surface area contributed by atoms with E-state index >= 15 is 13.2 Å². The van der Waals surface area contributed by atoms with Crippen molar-refractivity contribution in [1.82, 2.24) is 10.2 Å². The Morgan fingerprint density at radius 3 is 1.88 bits per heavy atom. The van der Waals surface area contributed by atoms with E-state index in [9.17, 15) is 14.4 Å². The molecule has 0 saturated heterocycles. The number of carbonyl (C=O) groups excluding carboxylic acids is 3. The van der Waals surface area contributed by atoms with Gasteiger partial charge in [-0.25, -0.2) is 0 Å². The predicted octanol–water partition coefficient (Wildman–Crippen LogP) is 4.45. The number of methoxy groups -OCH3 is 5. The number of allylic oxidation sites excluding steroid dienone is 1. The number of rotatable bonds is 9. The van der Waals surface area contributed by atoms with E-state index < -0.39 is 40.3 Å². The maximum absolute atomic E-state index is 15.3. The molecule has 0 unspecified atom stereocenters. The zero-order chi connectivity index (χ0) is 31.9. The molecule has 43 heavy (non-hydrogen) atoms. The minimum Gasteiger partial charge on any atom is -0.497 e. The number of hydrogen-bond acceptors (Lipinski definition) is 8. The first-order valence-corrected chi connectivity index (χ1v) is 13.2. The lowest BCUT2D eigenvalue weighted by Crippen LogP contribution is -2.66. The third kappa shape index (κ3) is 5.43. The second-order valence-corrected chi connectivity index (χ2v) is 11.0. The minimum absolute atomic E-state index is 0.00908. The van der Waals surface area contributed by atoms with Crippen LogP contribution in [0.2, 0.25) is 0 Å². The Labute approximate surface area is 246 Å². The highest BCUT2D eigenvalue weighted by Gasteiger charge is 2.71. The van der Waals surface area contributed by atoms with E-state index in [1.807, 2.05) is 5.32 Å². The number of nitrogens with zero attached hydrogens (tertiary/aromatic N) is 1. The van der Waals surface area contributed by atoms with Gasteiger partial charge < -0.3 is 33.9 Å². The lowest BCUT2D eigenvalue weighted by atomic mass is 9.72. The van der Waals surface area contributed by atoms with Crippen molar-refractivity contribution >= 4 is 17.6 Å². The zero-order valence-corrected chi connectivity index (χ0v) is 24.9. The molecule has 4 rings (SSSR count). The summed E-state index contributed by atoms with van der Waals surface area (Å²) < 4.78 is 72.1. The molecule has 1 N–H and O–H groups in total. The van der Waals surface area contributed by atoms with E-state index in [0.717, 1.165) is 17.0 Å². The second-order valence-electron chi connectivity index (χ2n) is 11.0. The van der Waals surface area contributed by atoms with Gasteiger partial charge in [-0.3, -0.25) is 14.4 Å². The molecule has 1 aliphatic carbocycles. The van der Waals surface area contributed by atoms with Crippen molar-refractivity contribution in [2.45, 2.75) is 44.9 Å². The largest absolute Gasteiger partial charge is 0.497 e. The highest BCUT2D eigenvalue weighted by molar-refractivity contribution is 6.14. The molecule has 10 nitrogen and oxygen atoms in total. The Balaban J connectivity index is 1.89. The summed E-state index contributed by atoms with van der Waals surface area (Å²) in [7, 11) is 6.71. The summed E-state index contributed by atoms with van der Waals surface area (Å²) in [5, 5.41) is 1.92. The van der Waals surface area contributed by atoms with Crippen molar-refractivity contribution < 1.29 is 51.2 Å². The normalized spacial score (nSPS) is 19.6. The molecule has 0 bridgehead atoms. The van der Waals surface area contributed by atoms with Gasteiger partial charge in [-0.1, -0.05) is 13.8 Å². The Morgan fingerprint density at radius 1 is 0.860 bits per heavy atom. The Bertz CT molecular complexity index is 1450. The summed E-state index contributed by atoms with van der Waals surface area (Å²) in [5.74, 6) is -2.82. The number of hydrogen-bond donors (Lipinski definition) is 1. The fourth-order valence-electron chi connectivity index (χ4n) is 5.59. The van der Waals surface area contributed by atoms with E-state index in [2.05, 4.69) is 0 Å². The fourth-order valence-corrected chi connectivity index (χ4v) is 5.59. The molecular formula is C30H33F3N2O8. The molecule has 0 aromatic heterocycles. The number of ketones is 1. The van der Waals surface area contributed by atoms with Crippen LogP contribution in [-0.4, -0.2) is 69.8 Å². The maximum atomic E-state index is 15.3. The van der Waals surface area contributed by atoms with E-state index in [4.69, 9.17) is 23.7 Å². The molecule has 2 aromatic rings.